The van der Waals surface area contributed by atoms with Crippen LogP contribution in [0.3, 0.4) is 0 Å². The monoisotopic (exact) mass is 280 g/mol. The smallest absolute Gasteiger partial charge is 0.144 e. The Morgan fingerprint density at radius 2 is 0.895 bits per heavy atom. The number of nitrogens with two attached hydrogens (primary N) is 2. The molecule has 0 saturated heterocycles. The molecule has 0 atom stereocenters. The minimum Gasteiger partial charge on any atom is -0.399 e. The van der Waals surface area contributed by atoms with Gasteiger partial charge >= 0.3 is 0 Å². The van der Waals surface area contributed by atoms with Crippen molar-refractivity contribution in [3.05, 3.63) is 60.7 Å². The van der Waals surface area contributed by atoms with Crippen molar-refractivity contribution >= 4 is 21.2 Å². The average Bonchev–Trinajstić information content (AvgIpc) is 2.29. The van der Waals surface area contributed by atoms with Crippen molar-refractivity contribution in [3.63, 3.8) is 0 Å². The second-order valence-electron chi connectivity index (χ2n) is 3.96. The largest absolute Gasteiger partial charge is 0.399 e. The Labute approximate surface area is 115 Å². The summed E-state index contributed by atoms with van der Waals surface area (Å²) in [4.78, 5) is 0. The maximum absolute atomic E-state index is 9.63. The molecule has 2 rings (SSSR count). The van der Waals surface area contributed by atoms with Crippen molar-refractivity contribution in [2.45, 2.75) is 0 Å². The molecular formula is C14H20N2O2S. The van der Waals surface area contributed by atoms with Crippen LogP contribution in [0.4, 0.5) is 11.4 Å². The molecule has 0 saturated carbocycles. The molecule has 0 spiro atoms. The van der Waals surface area contributed by atoms with Crippen molar-refractivity contribution in [2.75, 3.05) is 24.0 Å². The van der Waals surface area contributed by atoms with E-state index in [2.05, 4.69) is 0 Å². The van der Waals surface area contributed by atoms with Crippen LogP contribution in [0.5, 0.6) is 0 Å². The van der Waals surface area contributed by atoms with Crippen LogP contribution in [0.1, 0.15) is 0 Å². The van der Waals surface area contributed by atoms with Gasteiger partial charge in [-0.05, 0) is 24.3 Å². The topological polar surface area (TPSA) is 86.2 Å². The van der Waals surface area contributed by atoms with Crippen molar-refractivity contribution < 1.29 is 8.42 Å². The summed E-state index contributed by atoms with van der Waals surface area (Å²) in [6.07, 6.45) is 2.32. The predicted molar refractivity (Wildman–Crippen MR) is 82.5 cm³/mol. The third kappa shape index (κ3) is 16.0. The lowest BCUT2D eigenvalue weighted by atomic mass is 10.3. The van der Waals surface area contributed by atoms with Crippen LogP contribution in [0.2, 0.25) is 0 Å². The van der Waals surface area contributed by atoms with Gasteiger partial charge in [0.15, 0.2) is 0 Å². The van der Waals surface area contributed by atoms with E-state index in [-0.39, 0.29) is 0 Å². The number of para-hydroxylation sites is 2. The van der Waals surface area contributed by atoms with Gasteiger partial charge in [-0.1, -0.05) is 36.4 Å². The van der Waals surface area contributed by atoms with Crippen molar-refractivity contribution in [1.82, 2.24) is 0 Å². The molecule has 0 amide bonds. The number of rotatable bonds is 0. The third-order valence-corrected chi connectivity index (χ3v) is 1.60. The molecule has 0 fully saturated rings. The van der Waals surface area contributed by atoms with E-state index in [1.54, 1.807) is 0 Å². The van der Waals surface area contributed by atoms with Crippen molar-refractivity contribution in [3.8, 4) is 0 Å². The summed E-state index contributed by atoms with van der Waals surface area (Å²) < 4.78 is 19.3. The lowest BCUT2D eigenvalue weighted by molar-refractivity contribution is 0.607. The zero-order valence-electron chi connectivity index (χ0n) is 11.2. The Bertz CT molecular complexity index is 495. The Kier molecular flexibility index (Phi) is 8.04. The van der Waals surface area contributed by atoms with E-state index < -0.39 is 9.84 Å². The number of sulfone groups is 1. The number of nitrogen functional groups attached to an aromatic ring is 2. The second kappa shape index (κ2) is 8.99. The lowest BCUT2D eigenvalue weighted by Crippen LogP contribution is -1.86. The molecule has 0 aliphatic carbocycles. The van der Waals surface area contributed by atoms with E-state index in [9.17, 15) is 8.42 Å². The third-order valence-electron chi connectivity index (χ3n) is 1.60. The molecule has 0 bridgehead atoms. The summed E-state index contributed by atoms with van der Waals surface area (Å²) in [7, 11) is -2.67. The zero-order chi connectivity index (χ0) is 14.7. The minimum absolute atomic E-state index is 0.822. The summed E-state index contributed by atoms with van der Waals surface area (Å²) in [5.41, 5.74) is 12.4. The van der Waals surface area contributed by atoms with Gasteiger partial charge in [-0.2, -0.15) is 0 Å². The molecule has 2 aromatic rings. The van der Waals surface area contributed by atoms with Gasteiger partial charge in [0.2, 0.25) is 0 Å². The number of hydrogen-bond acceptors (Lipinski definition) is 4. The van der Waals surface area contributed by atoms with E-state index >= 15 is 0 Å². The Morgan fingerprint density at radius 3 is 1.00 bits per heavy atom. The highest BCUT2D eigenvalue weighted by Crippen LogP contribution is 1.96. The molecule has 19 heavy (non-hydrogen) atoms. The maximum atomic E-state index is 9.63. The van der Waals surface area contributed by atoms with Crippen LogP contribution in [0.25, 0.3) is 0 Å². The van der Waals surface area contributed by atoms with E-state index in [1.165, 1.54) is 0 Å². The molecule has 0 aliphatic rings. The first-order valence-corrected chi connectivity index (χ1v) is 7.85. The summed E-state index contributed by atoms with van der Waals surface area (Å²) >= 11 is 0. The van der Waals surface area contributed by atoms with E-state index in [0.29, 0.717) is 0 Å². The normalized spacial score (nSPS) is 9.37. The first kappa shape index (κ1) is 17.0. The molecule has 4 nitrogen and oxygen atoms in total. The van der Waals surface area contributed by atoms with E-state index in [1.807, 2.05) is 60.7 Å². The molecular weight excluding hydrogens is 260 g/mol. The first-order chi connectivity index (χ1) is 8.79. The van der Waals surface area contributed by atoms with E-state index in [4.69, 9.17) is 11.5 Å². The van der Waals surface area contributed by atoms with Gasteiger partial charge in [0.25, 0.3) is 0 Å². The van der Waals surface area contributed by atoms with Crippen LogP contribution in [-0.2, 0) is 9.84 Å². The fourth-order valence-electron chi connectivity index (χ4n) is 0.906. The summed E-state index contributed by atoms with van der Waals surface area (Å²) in [6, 6.07) is 19.0. The average molecular weight is 280 g/mol. The summed E-state index contributed by atoms with van der Waals surface area (Å²) in [6.45, 7) is 0. The molecule has 104 valence electrons. The van der Waals surface area contributed by atoms with Crippen LogP contribution < -0.4 is 11.5 Å². The zero-order valence-corrected chi connectivity index (χ0v) is 12.0. The Hall–Kier alpha value is -2.01. The van der Waals surface area contributed by atoms with Gasteiger partial charge in [-0.15, -0.1) is 0 Å². The molecule has 5 heteroatoms. The number of anilines is 2. The molecule has 0 aliphatic heterocycles. The molecule has 0 heterocycles. The SMILES string of the molecule is CS(C)(=O)=O.Nc1ccccc1.Nc1ccccc1. The second-order valence-corrected chi connectivity index (χ2v) is 6.25. The predicted octanol–water partition coefficient (Wildman–Crippen LogP) is 2.20. The van der Waals surface area contributed by atoms with Gasteiger partial charge in [0, 0.05) is 23.9 Å². The fraction of sp³-hybridized carbons (Fsp3) is 0.143. The van der Waals surface area contributed by atoms with E-state index in [0.717, 1.165) is 23.9 Å². The molecule has 4 N–H and O–H groups in total. The number of benzene rings is 2. The van der Waals surface area contributed by atoms with Crippen LogP contribution >= 0.6 is 0 Å². The minimum atomic E-state index is -2.67. The van der Waals surface area contributed by atoms with Gasteiger partial charge in [-0.3, -0.25) is 0 Å². The Morgan fingerprint density at radius 1 is 0.684 bits per heavy atom. The molecule has 0 radical (unpaired) electrons. The lowest BCUT2D eigenvalue weighted by Gasteiger charge is -1.83. The standard InChI is InChI=1S/2C6H7N.C2H6O2S/c2*7-6-4-2-1-3-5-6;1-5(2,3)4/h2*1-5H,7H2;1-2H3. The molecule has 0 unspecified atom stereocenters. The highest BCUT2D eigenvalue weighted by Gasteiger charge is 1.79. The quantitative estimate of drug-likeness (QED) is 0.724. The molecule has 2 aromatic carbocycles. The van der Waals surface area contributed by atoms with Crippen LogP contribution in [-0.4, -0.2) is 20.9 Å². The summed E-state index contributed by atoms with van der Waals surface area (Å²) in [5.74, 6) is 0. The van der Waals surface area contributed by atoms with Crippen molar-refractivity contribution in [1.29, 1.82) is 0 Å². The molecule has 0 aromatic heterocycles. The highest BCUT2D eigenvalue weighted by molar-refractivity contribution is 7.89. The summed E-state index contributed by atoms with van der Waals surface area (Å²) in [5, 5.41) is 0. The van der Waals surface area contributed by atoms with Crippen LogP contribution in [0.15, 0.2) is 60.7 Å². The highest BCUT2D eigenvalue weighted by atomic mass is 32.2. The van der Waals surface area contributed by atoms with Gasteiger partial charge in [0.05, 0.1) is 0 Å². The Balaban J connectivity index is 0.000000261. The van der Waals surface area contributed by atoms with Crippen molar-refractivity contribution in [2.24, 2.45) is 0 Å². The fourth-order valence-corrected chi connectivity index (χ4v) is 0.906. The van der Waals surface area contributed by atoms with Crippen LogP contribution in [0, 0.1) is 0 Å². The van der Waals surface area contributed by atoms with Gasteiger partial charge in [-0.25, -0.2) is 8.42 Å². The van der Waals surface area contributed by atoms with Gasteiger partial charge in [0.1, 0.15) is 9.84 Å². The van der Waals surface area contributed by atoms with Gasteiger partial charge < -0.3 is 11.5 Å². The maximum Gasteiger partial charge on any atom is 0.144 e. The first-order valence-electron chi connectivity index (χ1n) is 5.55. The number of hydrogen-bond donors (Lipinski definition) is 2.